The van der Waals surface area contributed by atoms with Gasteiger partial charge in [0.25, 0.3) is 0 Å². The maximum atomic E-state index is 13.0. The van der Waals surface area contributed by atoms with Crippen molar-refractivity contribution in [3.05, 3.63) is 28.8 Å². The number of amides is 1. The molecule has 0 unspecified atom stereocenters. The molecule has 1 amide bonds. The van der Waals surface area contributed by atoms with E-state index >= 15 is 0 Å². The van der Waals surface area contributed by atoms with Gasteiger partial charge in [0.1, 0.15) is 0 Å². The van der Waals surface area contributed by atoms with Crippen LogP contribution in [0.5, 0.6) is 0 Å². The van der Waals surface area contributed by atoms with Crippen molar-refractivity contribution < 1.29 is 17.9 Å². The molecule has 2 fully saturated rings. The lowest BCUT2D eigenvalue weighted by Crippen LogP contribution is -2.49. The first-order valence-corrected chi connectivity index (χ1v) is 12.0. The normalized spacial score (nSPS) is 20.0. The molecule has 4 rings (SSSR count). The number of aromatic nitrogens is 3. The van der Waals surface area contributed by atoms with Crippen LogP contribution in [0.2, 0.25) is 0 Å². The molecule has 0 saturated carbocycles. The highest BCUT2D eigenvalue weighted by atomic mass is 32.2. The summed E-state index contributed by atoms with van der Waals surface area (Å²) in [6.45, 7) is 3.02. The first-order chi connectivity index (χ1) is 14.3. The molecule has 11 heteroatoms. The van der Waals surface area contributed by atoms with Crippen molar-refractivity contribution in [2.75, 3.05) is 39.5 Å². The van der Waals surface area contributed by atoms with E-state index in [2.05, 4.69) is 9.88 Å². The standard InChI is InChI=1S/C19H27N5O5S/c1-29-19(26)22-12-5-14(6-13-22)21-10-7-15(8-11-21)23-16-4-3-9-20-17(16)24(18(23)25)30(2,27)28/h3-4,9,14-15H,5-8,10-13H2,1-2H3. The number of methoxy groups -OCH3 is 1. The Morgan fingerprint density at radius 1 is 1.10 bits per heavy atom. The number of likely N-dealkylation sites (tertiary alicyclic amines) is 2. The molecule has 0 bridgehead atoms. The van der Waals surface area contributed by atoms with Crippen LogP contribution in [0.15, 0.2) is 23.1 Å². The molecule has 0 aliphatic carbocycles. The van der Waals surface area contributed by atoms with Crippen LogP contribution in [0.1, 0.15) is 31.7 Å². The van der Waals surface area contributed by atoms with E-state index in [4.69, 9.17) is 4.74 Å². The number of piperidine rings is 2. The molecule has 164 valence electrons. The van der Waals surface area contributed by atoms with Crippen LogP contribution >= 0.6 is 0 Å². The van der Waals surface area contributed by atoms with Gasteiger partial charge in [-0.05, 0) is 37.8 Å². The van der Waals surface area contributed by atoms with Crippen LogP contribution in [0.25, 0.3) is 11.2 Å². The molecule has 4 heterocycles. The molecular formula is C19H27N5O5S. The number of hydrogen-bond acceptors (Lipinski definition) is 7. The Bertz CT molecular complexity index is 1090. The third-order valence-electron chi connectivity index (χ3n) is 6.21. The van der Waals surface area contributed by atoms with E-state index < -0.39 is 15.7 Å². The molecule has 2 saturated heterocycles. The lowest BCUT2D eigenvalue weighted by atomic mass is 9.98. The zero-order valence-corrected chi connectivity index (χ0v) is 18.0. The summed E-state index contributed by atoms with van der Waals surface area (Å²) in [6, 6.07) is 3.80. The number of hydrogen-bond donors (Lipinski definition) is 0. The highest BCUT2D eigenvalue weighted by Crippen LogP contribution is 2.28. The minimum absolute atomic E-state index is 0.0707. The van der Waals surface area contributed by atoms with Crippen LogP contribution < -0.4 is 5.69 Å². The van der Waals surface area contributed by atoms with Crippen molar-refractivity contribution in [1.29, 1.82) is 0 Å². The lowest BCUT2D eigenvalue weighted by molar-refractivity contribution is 0.0686. The lowest BCUT2D eigenvalue weighted by Gasteiger charge is -2.41. The van der Waals surface area contributed by atoms with Gasteiger partial charge >= 0.3 is 11.8 Å². The van der Waals surface area contributed by atoms with Gasteiger partial charge in [0.15, 0.2) is 5.65 Å². The maximum Gasteiger partial charge on any atom is 0.409 e. The van der Waals surface area contributed by atoms with E-state index in [-0.39, 0.29) is 17.8 Å². The topological polar surface area (TPSA) is 107 Å². The quantitative estimate of drug-likeness (QED) is 0.701. The summed E-state index contributed by atoms with van der Waals surface area (Å²) in [5, 5.41) is 0. The van der Waals surface area contributed by atoms with Gasteiger partial charge in [-0.15, -0.1) is 0 Å². The fourth-order valence-corrected chi connectivity index (χ4v) is 5.55. The minimum atomic E-state index is -3.75. The van der Waals surface area contributed by atoms with E-state index in [1.54, 1.807) is 21.6 Å². The second-order valence-electron chi connectivity index (χ2n) is 7.98. The van der Waals surface area contributed by atoms with E-state index in [1.165, 1.54) is 13.3 Å². The van der Waals surface area contributed by atoms with Gasteiger partial charge in [-0.2, -0.15) is 3.97 Å². The number of pyridine rings is 1. The summed E-state index contributed by atoms with van der Waals surface area (Å²) in [6.07, 6.45) is 5.56. The first-order valence-electron chi connectivity index (χ1n) is 10.2. The Kier molecular flexibility index (Phi) is 5.58. The number of carbonyl (C=O) groups is 1. The predicted molar refractivity (Wildman–Crippen MR) is 111 cm³/mol. The summed E-state index contributed by atoms with van der Waals surface area (Å²) < 4.78 is 31.6. The molecule has 2 aliphatic heterocycles. The Morgan fingerprint density at radius 2 is 1.73 bits per heavy atom. The van der Waals surface area contributed by atoms with Crippen LogP contribution in [-0.2, 0) is 14.8 Å². The van der Waals surface area contributed by atoms with E-state index in [0.717, 1.165) is 49.0 Å². The third-order valence-corrected chi connectivity index (χ3v) is 7.20. The van der Waals surface area contributed by atoms with Gasteiger partial charge in [-0.25, -0.2) is 23.0 Å². The molecule has 0 spiro atoms. The van der Waals surface area contributed by atoms with Crippen molar-refractivity contribution in [2.24, 2.45) is 0 Å². The number of fused-ring (bicyclic) bond motifs is 1. The average Bonchev–Trinajstić information content (AvgIpc) is 3.05. The van der Waals surface area contributed by atoms with Crippen molar-refractivity contribution in [3.63, 3.8) is 0 Å². The van der Waals surface area contributed by atoms with E-state index in [9.17, 15) is 18.0 Å². The van der Waals surface area contributed by atoms with Gasteiger partial charge in [-0.3, -0.25) is 4.57 Å². The zero-order valence-electron chi connectivity index (χ0n) is 17.2. The highest BCUT2D eigenvalue weighted by Gasteiger charge is 2.32. The molecule has 2 aromatic rings. The van der Waals surface area contributed by atoms with Gasteiger partial charge in [0, 0.05) is 44.5 Å². The smallest absolute Gasteiger partial charge is 0.409 e. The molecule has 0 radical (unpaired) electrons. The summed E-state index contributed by atoms with van der Waals surface area (Å²) in [4.78, 5) is 33.0. The monoisotopic (exact) mass is 437 g/mol. The van der Waals surface area contributed by atoms with E-state index in [0.29, 0.717) is 24.6 Å². The second-order valence-corrected chi connectivity index (χ2v) is 9.81. The van der Waals surface area contributed by atoms with Gasteiger partial charge in [0.05, 0.1) is 18.9 Å². The molecule has 10 nitrogen and oxygen atoms in total. The van der Waals surface area contributed by atoms with E-state index in [1.807, 2.05) is 0 Å². The van der Waals surface area contributed by atoms with Crippen LogP contribution in [0.3, 0.4) is 0 Å². The summed E-state index contributed by atoms with van der Waals surface area (Å²) in [5.74, 6) is 0. The molecule has 0 atom stereocenters. The maximum absolute atomic E-state index is 13.0. The molecule has 0 aromatic carbocycles. The van der Waals surface area contributed by atoms with Crippen molar-refractivity contribution in [3.8, 4) is 0 Å². The number of imidazole rings is 1. The van der Waals surface area contributed by atoms with Gasteiger partial charge in [0.2, 0.25) is 10.0 Å². The summed E-state index contributed by atoms with van der Waals surface area (Å²) in [7, 11) is -2.35. The van der Waals surface area contributed by atoms with Gasteiger partial charge < -0.3 is 14.5 Å². The summed E-state index contributed by atoms with van der Waals surface area (Å²) in [5.41, 5.74) is 0.191. The Labute approximate surface area is 175 Å². The molecule has 30 heavy (non-hydrogen) atoms. The average molecular weight is 438 g/mol. The van der Waals surface area contributed by atoms with Crippen LogP contribution in [0.4, 0.5) is 4.79 Å². The number of nitrogens with zero attached hydrogens (tertiary/aromatic N) is 5. The number of ether oxygens (including phenoxy) is 1. The first kappa shape index (κ1) is 20.9. The Balaban J connectivity index is 1.49. The molecule has 2 aromatic heterocycles. The van der Waals surface area contributed by atoms with Gasteiger partial charge in [-0.1, -0.05) is 0 Å². The van der Waals surface area contributed by atoms with Crippen molar-refractivity contribution in [1.82, 2.24) is 23.3 Å². The zero-order chi connectivity index (χ0) is 21.5. The number of carbonyl (C=O) groups excluding carboxylic acids is 1. The second kappa shape index (κ2) is 8.03. The fourth-order valence-electron chi connectivity index (χ4n) is 4.73. The minimum Gasteiger partial charge on any atom is -0.453 e. The fraction of sp³-hybridized carbons (Fsp3) is 0.632. The largest absolute Gasteiger partial charge is 0.453 e. The third kappa shape index (κ3) is 3.71. The molecular weight excluding hydrogens is 410 g/mol. The number of rotatable bonds is 3. The molecule has 0 N–H and O–H groups in total. The highest BCUT2D eigenvalue weighted by molar-refractivity contribution is 7.89. The van der Waals surface area contributed by atoms with Crippen LogP contribution in [-0.4, -0.2) is 83.4 Å². The van der Waals surface area contributed by atoms with Crippen molar-refractivity contribution >= 4 is 27.3 Å². The van der Waals surface area contributed by atoms with Crippen molar-refractivity contribution in [2.45, 2.75) is 37.8 Å². The Hall–Kier alpha value is -2.40. The SMILES string of the molecule is COC(=O)N1CCC(N2CCC(n3c(=O)n(S(C)(=O)=O)c4ncccc43)CC2)CC1. The molecule has 2 aliphatic rings. The predicted octanol–water partition coefficient (Wildman–Crippen LogP) is 0.873. The summed E-state index contributed by atoms with van der Waals surface area (Å²) >= 11 is 0. The van der Waals surface area contributed by atoms with Crippen LogP contribution in [0, 0.1) is 0 Å². The Morgan fingerprint density at radius 3 is 2.33 bits per heavy atom.